The van der Waals surface area contributed by atoms with Gasteiger partial charge in [0.1, 0.15) is 35.1 Å². The number of nitrogens with zero attached hydrogens (tertiary/aromatic N) is 10. The summed E-state index contributed by atoms with van der Waals surface area (Å²) in [5, 5.41) is 29.1. The van der Waals surface area contributed by atoms with Crippen LogP contribution in [0.4, 0.5) is 0 Å². The summed E-state index contributed by atoms with van der Waals surface area (Å²) in [5.41, 5.74) is 9.28. The molecule has 1 saturated carbocycles. The maximum Gasteiger partial charge on any atom is 0.405 e. The molecule has 0 atom stereocenters. The number of furan rings is 1. The van der Waals surface area contributed by atoms with Gasteiger partial charge in [0.15, 0.2) is 17.3 Å². The van der Waals surface area contributed by atoms with Gasteiger partial charge in [-0.15, -0.1) is 0 Å². The Morgan fingerprint density at radius 2 is 0.761 bits per heavy atom. The van der Waals surface area contributed by atoms with Crippen molar-refractivity contribution in [3.05, 3.63) is 364 Å². The predicted molar refractivity (Wildman–Crippen MR) is 526 cm³/mol. The predicted octanol–water partition coefficient (Wildman–Crippen LogP) is 20.4. The van der Waals surface area contributed by atoms with Crippen LogP contribution in [0.3, 0.4) is 0 Å². The minimum Gasteiger partial charge on any atom is -0.479 e. The first kappa shape index (κ1) is 112. The van der Waals surface area contributed by atoms with Crippen molar-refractivity contribution in [3.8, 4) is 0 Å². The lowest BCUT2D eigenvalue weighted by atomic mass is 9.99. The van der Waals surface area contributed by atoms with Gasteiger partial charge >= 0.3 is 51.9 Å². The fraction of sp³-hybridized carbons (Fsp3) is 0.194. The molecule has 9 aromatic carbocycles. The monoisotopic (exact) mass is 1910 g/mol. The molecule has 1 fully saturated rings. The van der Waals surface area contributed by atoms with E-state index in [-0.39, 0.29) is 46.8 Å². The Morgan fingerprint density at radius 1 is 0.384 bits per heavy atom. The molecule has 2 aliphatic rings. The molecule has 0 amide bonds. The van der Waals surface area contributed by atoms with E-state index in [1.807, 2.05) is 62.4 Å². The van der Waals surface area contributed by atoms with E-state index in [0.29, 0.717) is 96.3 Å². The van der Waals surface area contributed by atoms with Gasteiger partial charge in [-0.3, -0.25) is 33.4 Å². The maximum absolute atomic E-state index is 12.0. The Kier molecular flexibility index (Phi) is 51.3. The molecule has 35 heteroatoms. The van der Waals surface area contributed by atoms with E-state index in [0.717, 1.165) is 37.0 Å². The average molecular weight is 1920 g/mol. The van der Waals surface area contributed by atoms with Gasteiger partial charge in [0.25, 0.3) is 5.78 Å². The molecule has 12 rings (SSSR count). The Labute approximate surface area is 803 Å². The summed E-state index contributed by atoms with van der Waals surface area (Å²) >= 11 is 5.64. The molecule has 0 saturated heterocycles. The minimum absolute atomic E-state index is 0.0388. The van der Waals surface area contributed by atoms with Crippen LogP contribution < -0.4 is 0 Å². The lowest BCUT2D eigenvalue weighted by Gasteiger charge is -2.10. The van der Waals surface area contributed by atoms with Crippen LogP contribution >= 0.6 is 11.6 Å². The van der Waals surface area contributed by atoms with Crippen molar-refractivity contribution in [1.82, 2.24) is 0 Å². The number of oxime groups is 8. The van der Waals surface area contributed by atoms with Gasteiger partial charge in [0.05, 0.1) is 69.2 Å². The van der Waals surface area contributed by atoms with Gasteiger partial charge in [0.2, 0.25) is 11.7 Å². The molecule has 0 spiro atoms. The molecular weight excluding hydrogens is 1810 g/mol. The maximum atomic E-state index is 12.0. The third-order valence-corrected chi connectivity index (χ3v) is 18.6. The van der Waals surface area contributed by atoms with Crippen LogP contribution in [-0.2, 0) is 62.6 Å². The zero-order valence-electron chi connectivity index (χ0n) is 77.7. The number of carbonyl (C=O) groups excluding carboxylic acids is 11. The van der Waals surface area contributed by atoms with Gasteiger partial charge in [-0.2, -0.15) is 8.42 Å². The molecule has 2 aliphatic carbocycles. The largest absolute Gasteiger partial charge is 0.479 e. The second-order valence-corrected chi connectivity index (χ2v) is 30.6. The van der Waals surface area contributed by atoms with Crippen LogP contribution in [0.5, 0.6) is 0 Å². The molecule has 0 aliphatic heterocycles. The smallest absolute Gasteiger partial charge is 0.405 e. The minimum atomic E-state index is -3.76. The quantitative estimate of drug-likeness (QED) is 0.00877. The zero-order valence-corrected chi connectivity index (χ0v) is 79.3. The van der Waals surface area contributed by atoms with Crippen molar-refractivity contribution >= 4 is 144 Å². The van der Waals surface area contributed by atoms with Crippen LogP contribution in [-0.4, -0.2) is 151 Å². The molecule has 1 aromatic heterocycles. The van der Waals surface area contributed by atoms with E-state index < -0.39 is 57.7 Å². The second-order valence-electron chi connectivity index (χ2n) is 28.7. The van der Waals surface area contributed by atoms with Crippen molar-refractivity contribution < 1.29 is 108 Å². The molecule has 0 radical (unpaired) electrons. The summed E-state index contributed by atoms with van der Waals surface area (Å²) in [6, 6.07) is 76.8. The van der Waals surface area contributed by atoms with Crippen LogP contribution in [0.1, 0.15) is 207 Å². The summed E-state index contributed by atoms with van der Waals surface area (Å²) in [6.07, 6.45) is 14.1. The zero-order chi connectivity index (χ0) is 101. The number of halogens is 1. The molecule has 0 unspecified atom stereocenters. The SMILES string of the molecule is C/C=N/OC(=O)c1ccc(Cl)cc1.CC(=NCC(=O)c1ccccc1)C(C)=NCC(=O)c1ccccc1.CC(=O)/C(C)=N\OC(=O)c1ccco1.CC(C)=NOC(=O)c1ccccc1.CC(C)=NOS(=O)(=O)c1ccc(C)cc1.CCO/C(C)=N\OC(=O)c1ccccc1.O=C(ON=C1C=CC(=NOC(=O)c2ccccc2)C=C1)c1ccccc1.O=C(ON=C1CCCCC1)C(=O)c1ccccc1. The summed E-state index contributed by atoms with van der Waals surface area (Å²) < 4.78 is 37.3. The molecule has 1 heterocycles. The van der Waals surface area contributed by atoms with Gasteiger partial charge in [-0.1, -0.05) is 236 Å². The average Bonchev–Trinajstić information content (AvgIpc) is 1.02. The first-order valence-corrected chi connectivity index (χ1v) is 44.1. The number of hydrogen-bond acceptors (Lipinski definition) is 33. The number of Topliss-reactive ketones (excluding diaryl/α,β-unsaturated/α-hetero) is 4. The van der Waals surface area contributed by atoms with Gasteiger partial charge in [-0.25, -0.2) is 33.6 Å². The van der Waals surface area contributed by atoms with Crippen molar-refractivity contribution in [3.63, 3.8) is 0 Å². The molecule has 10 aromatic rings. The Bertz CT molecular complexity index is 5980. The number of allylic oxidation sites excluding steroid dienone is 4. The first-order valence-electron chi connectivity index (χ1n) is 42.4. The lowest BCUT2D eigenvalue weighted by molar-refractivity contribution is -0.138. The van der Waals surface area contributed by atoms with E-state index in [2.05, 4.69) is 74.9 Å². The number of ether oxygens (including phenoxy) is 1. The van der Waals surface area contributed by atoms with Crippen LogP contribution in [0.25, 0.3) is 0 Å². The Balaban J connectivity index is 0.000000282. The van der Waals surface area contributed by atoms with E-state index in [1.165, 1.54) is 50.9 Å². The number of hydrogen-bond donors (Lipinski definition) is 0. The molecule has 0 bridgehead atoms. The topological polar surface area (TPSA) is 442 Å². The standard InChI is InChI=1S/C20H14N2O4.C20H20N2O2.C14H15NO3.C11H13NO3.C10H13NO3S.C10H11NO2.C9H8ClNO2.C9H9NO4/c23-19(15-7-3-1-4-8-15)25-21-17-11-13-18(14-12-17)22-26-20(24)16-9-5-2-6-10-16;1-15(21-13-19(23)17-9-5-3-6-10-17)16(2)22-14-20(24)18-11-7-4-8-12-18;16-13(11-7-3-1-4-8-11)14(17)18-15-12-9-5-2-6-10-12;1-3-14-9(2)12-15-11(13)10-7-5-4-6-8-10;1-8(2)11-14-15(12,13)10-6-4-9(3)5-7-10;1-8(2)11-13-10(12)9-6-4-3-5-7-9;1-2-11-13-9(12)7-3-5-8(10)6-4-7;1-6(7(2)11)10-14-9(12)8-4-3-5-13-8/h1-14H;3-12H,13-14H2,1-2H3;1,3-4,7-8H,2,5-6,9-10H2;4-8H,3H2,1-2H3;4-7H,1-3H3;3-7H,1-2H3;2-6H,1H3;3-5H,1-2H3/b;;;12-9-;;;11-2+;10-6-. The van der Waals surface area contributed by atoms with Crippen molar-refractivity contribution in [2.24, 2.45) is 51.2 Å². The third kappa shape index (κ3) is 45.6. The molecule has 138 heavy (non-hydrogen) atoms. The summed E-state index contributed by atoms with van der Waals surface area (Å²) in [5.74, 6) is -4.75. The van der Waals surface area contributed by atoms with Crippen molar-refractivity contribution in [1.29, 1.82) is 0 Å². The number of rotatable bonds is 27. The number of benzene rings is 9. The summed E-state index contributed by atoms with van der Waals surface area (Å²) in [7, 11) is -3.76. The van der Waals surface area contributed by atoms with E-state index >= 15 is 0 Å². The normalized spacial score (nSPS) is 11.7. The molecule has 33 nitrogen and oxygen atoms in total. The van der Waals surface area contributed by atoms with Crippen LogP contribution in [0, 0.1) is 6.92 Å². The van der Waals surface area contributed by atoms with E-state index in [1.54, 1.807) is 286 Å². The fourth-order valence-corrected chi connectivity index (χ4v) is 10.8. The highest BCUT2D eigenvalue weighted by Crippen LogP contribution is 2.18. The van der Waals surface area contributed by atoms with Gasteiger partial charge in [-0.05, 0) is 221 Å². The van der Waals surface area contributed by atoms with Gasteiger partial charge < -0.3 is 43.0 Å². The second kappa shape index (κ2) is 63.4. The van der Waals surface area contributed by atoms with E-state index in [4.69, 9.17) is 35.3 Å². The summed E-state index contributed by atoms with van der Waals surface area (Å²) in [6.45, 7) is 20.9. The highest BCUT2D eigenvalue weighted by molar-refractivity contribution is 7.86. The van der Waals surface area contributed by atoms with E-state index in [9.17, 15) is 61.2 Å². The van der Waals surface area contributed by atoms with Gasteiger partial charge in [0, 0.05) is 41.8 Å². The molecule has 716 valence electrons. The van der Waals surface area contributed by atoms with Crippen molar-refractivity contribution in [2.75, 3.05) is 19.7 Å². The lowest BCUT2D eigenvalue weighted by Crippen LogP contribution is -2.16. The fourth-order valence-electron chi connectivity index (χ4n) is 9.92. The number of carbonyl (C=O) groups is 11. The molecule has 0 N–H and O–H groups in total. The summed E-state index contributed by atoms with van der Waals surface area (Å²) in [4.78, 5) is 168. The number of aliphatic imine (C=N–C) groups is 2. The Morgan fingerprint density at radius 3 is 1.14 bits per heavy atom. The molecular formula is C103H103ClN10O23S. The third-order valence-electron chi connectivity index (χ3n) is 17.3. The highest BCUT2D eigenvalue weighted by Gasteiger charge is 2.21. The highest BCUT2D eigenvalue weighted by atomic mass is 35.5. The van der Waals surface area contributed by atoms with Crippen LogP contribution in [0.2, 0.25) is 5.02 Å². The number of aryl methyl sites for hydroxylation is 1. The number of ketones is 4. The first-order chi connectivity index (χ1) is 66.3. The van der Waals surface area contributed by atoms with Crippen LogP contribution in [0.15, 0.2) is 364 Å². The van der Waals surface area contributed by atoms with Crippen molar-refractivity contribution in [2.45, 2.75) is 120 Å². The Hall–Kier alpha value is -16.8.